The van der Waals surface area contributed by atoms with Gasteiger partial charge in [-0.15, -0.1) is 0 Å². The van der Waals surface area contributed by atoms with E-state index in [0.717, 1.165) is 11.0 Å². The van der Waals surface area contributed by atoms with Gasteiger partial charge in [-0.2, -0.15) is 0 Å². The molecular weight excluding hydrogens is 228 g/mol. The van der Waals surface area contributed by atoms with Crippen molar-refractivity contribution in [1.82, 2.24) is 5.32 Å². The predicted molar refractivity (Wildman–Crippen MR) is 71.4 cm³/mol. The first kappa shape index (κ1) is 12.6. The van der Waals surface area contributed by atoms with Crippen LogP contribution in [0.25, 0.3) is 11.0 Å². The second kappa shape index (κ2) is 4.82. The molecule has 0 aliphatic carbocycles. The van der Waals surface area contributed by atoms with E-state index in [4.69, 9.17) is 10.2 Å². The fourth-order valence-electron chi connectivity index (χ4n) is 1.64. The Balaban J connectivity index is 2.14. The van der Waals surface area contributed by atoms with Crippen LogP contribution in [0, 0.1) is 5.41 Å². The van der Waals surface area contributed by atoms with Crippen LogP contribution >= 0.6 is 0 Å². The number of benzene rings is 1. The van der Waals surface area contributed by atoms with E-state index >= 15 is 0 Å². The third-order valence-electron chi connectivity index (χ3n) is 3.01. The maximum atomic E-state index is 12.1. The van der Waals surface area contributed by atoms with Crippen LogP contribution in [0.4, 0.5) is 0 Å². The fraction of sp³-hybridized carbons (Fsp3) is 0.357. The lowest BCUT2D eigenvalue weighted by molar-refractivity contribution is 0.0938. The summed E-state index contributed by atoms with van der Waals surface area (Å²) in [4.78, 5) is 12.1. The number of rotatable bonds is 4. The van der Waals surface area contributed by atoms with E-state index in [1.165, 1.54) is 6.26 Å². The van der Waals surface area contributed by atoms with E-state index in [9.17, 15) is 4.79 Å². The first-order chi connectivity index (χ1) is 8.53. The van der Waals surface area contributed by atoms with Crippen LogP contribution in [-0.2, 0) is 0 Å². The lowest BCUT2D eigenvalue weighted by Crippen LogP contribution is -2.38. The van der Waals surface area contributed by atoms with Crippen LogP contribution in [0.2, 0.25) is 0 Å². The highest BCUT2D eigenvalue weighted by Gasteiger charge is 2.19. The van der Waals surface area contributed by atoms with Crippen LogP contribution < -0.4 is 11.1 Å². The van der Waals surface area contributed by atoms with Crippen LogP contribution in [0.3, 0.4) is 0 Å². The first-order valence-corrected chi connectivity index (χ1v) is 5.98. The maximum Gasteiger partial charge on any atom is 0.255 e. The molecule has 96 valence electrons. The Labute approximate surface area is 106 Å². The van der Waals surface area contributed by atoms with Crippen molar-refractivity contribution in [3.05, 3.63) is 36.1 Å². The number of amides is 1. The molecule has 18 heavy (non-hydrogen) atoms. The van der Waals surface area contributed by atoms with Gasteiger partial charge in [-0.1, -0.05) is 32.0 Å². The first-order valence-electron chi connectivity index (χ1n) is 5.98. The topological polar surface area (TPSA) is 68.3 Å². The summed E-state index contributed by atoms with van der Waals surface area (Å²) in [5.74, 6) is -0.124. The number of carbonyl (C=O) groups is 1. The van der Waals surface area contributed by atoms with Gasteiger partial charge in [-0.05, 0) is 18.0 Å². The van der Waals surface area contributed by atoms with Gasteiger partial charge in [0.15, 0.2) is 0 Å². The van der Waals surface area contributed by atoms with E-state index in [1.807, 2.05) is 38.1 Å². The largest absolute Gasteiger partial charge is 0.463 e. The van der Waals surface area contributed by atoms with Gasteiger partial charge >= 0.3 is 0 Å². The summed E-state index contributed by atoms with van der Waals surface area (Å²) >= 11 is 0. The summed E-state index contributed by atoms with van der Waals surface area (Å²) in [5.41, 5.74) is 6.82. The molecule has 4 nitrogen and oxygen atoms in total. The number of para-hydroxylation sites is 1. The molecular formula is C14H18N2O2. The molecule has 1 aromatic heterocycles. The highest BCUT2D eigenvalue weighted by molar-refractivity contribution is 6.05. The van der Waals surface area contributed by atoms with E-state index in [2.05, 4.69) is 5.32 Å². The van der Waals surface area contributed by atoms with Gasteiger partial charge in [0.25, 0.3) is 5.91 Å². The van der Waals surface area contributed by atoms with Crippen molar-refractivity contribution in [2.24, 2.45) is 11.1 Å². The molecule has 4 heteroatoms. The quantitative estimate of drug-likeness (QED) is 0.868. The van der Waals surface area contributed by atoms with Gasteiger partial charge in [0, 0.05) is 11.9 Å². The SMILES string of the molecule is CC(C)(CN)CNC(=O)c1coc2ccccc12. The highest BCUT2D eigenvalue weighted by atomic mass is 16.3. The van der Waals surface area contributed by atoms with Gasteiger partial charge < -0.3 is 15.5 Å². The van der Waals surface area contributed by atoms with Crippen LogP contribution in [0.1, 0.15) is 24.2 Å². The Morgan fingerprint density at radius 1 is 1.39 bits per heavy atom. The van der Waals surface area contributed by atoms with Crippen molar-refractivity contribution in [2.45, 2.75) is 13.8 Å². The van der Waals surface area contributed by atoms with Crippen molar-refractivity contribution in [2.75, 3.05) is 13.1 Å². The van der Waals surface area contributed by atoms with Crippen molar-refractivity contribution in [3.8, 4) is 0 Å². The molecule has 0 aliphatic rings. The zero-order valence-corrected chi connectivity index (χ0v) is 10.7. The molecule has 1 aromatic carbocycles. The number of nitrogens with one attached hydrogen (secondary N) is 1. The normalized spacial score (nSPS) is 11.7. The van der Waals surface area contributed by atoms with Crippen LogP contribution in [0.5, 0.6) is 0 Å². The predicted octanol–water partition coefficient (Wildman–Crippen LogP) is 2.15. The Hall–Kier alpha value is -1.81. The number of fused-ring (bicyclic) bond motifs is 1. The average Bonchev–Trinajstić information content (AvgIpc) is 2.80. The molecule has 3 N–H and O–H groups in total. The molecule has 0 bridgehead atoms. The molecule has 2 rings (SSSR count). The van der Waals surface area contributed by atoms with Gasteiger partial charge in [-0.3, -0.25) is 4.79 Å². The number of furan rings is 1. The summed E-state index contributed by atoms with van der Waals surface area (Å²) in [7, 11) is 0. The molecule has 0 spiro atoms. The second-order valence-electron chi connectivity index (χ2n) is 5.20. The molecule has 0 saturated carbocycles. The highest BCUT2D eigenvalue weighted by Crippen LogP contribution is 2.20. The molecule has 0 aliphatic heterocycles. The standard InChI is InChI=1S/C14H18N2O2/c1-14(2,8-15)9-16-13(17)11-7-18-12-6-4-3-5-10(11)12/h3-7H,8-9,15H2,1-2H3,(H,16,17). The summed E-state index contributed by atoms with van der Waals surface area (Å²) in [5, 5.41) is 3.72. The molecule has 1 amide bonds. The van der Waals surface area contributed by atoms with Crippen molar-refractivity contribution in [3.63, 3.8) is 0 Å². The van der Waals surface area contributed by atoms with Gasteiger partial charge in [0.2, 0.25) is 0 Å². The van der Waals surface area contributed by atoms with Crippen molar-refractivity contribution >= 4 is 16.9 Å². The summed E-state index contributed by atoms with van der Waals surface area (Å²) < 4.78 is 5.34. The molecule has 0 fully saturated rings. The third kappa shape index (κ3) is 2.54. The average molecular weight is 246 g/mol. The zero-order chi connectivity index (χ0) is 13.2. The molecule has 2 aromatic rings. The Morgan fingerprint density at radius 2 is 2.11 bits per heavy atom. The minimum Gasteiger partial charge on any atom is -0.463 e. The fourth-order valence-corrected chi connectivity index (χ4v) is 1.64. The number of nitrogens with two attached hydrogens (primary N) is 1. The Bertz CT molecular complexity index is 558. The van der Waals surface area contributed by atoms with E-state index in [0.29, 0.717) is 18.7 Å². The lowest BCUT2D eigenvalue weighted by atomic mass is 9.94. The van der Waals surface area contributed by atoms with Gasteiger partial charge in [-0.25, -0.2) is 0 Å². The summed E-state index contributed by atoms with van der Waals surface area (Å²) in [6.07, 6.45) is 1.50. The van der Waals surface area contributed by atoms with Crippen molar-refractivity contribution < 1.29 is 9.21 Å². The van der Waals surface area contributed by atoms with Gasteiger partial charge in [0.1, 0.15) is 11.8 Å². The minimum absolute atomic E-state index is 0.102. The monoisotopic (exact) mass is 246 g/mol. The zero-order valence-electron chi connectivity index (χ0n) is 10.7. The van der Waals surface area contributed by atoms with Crippen LogP contribution in [-0.4, -0.2) is 19.0 Å². The second-order valence-corrected chi connectivity index (χ2v) is 5.20. The van der Waals surface area contributed by atoms with E-state index in [-0.39, 0.29) is 11.3 Å². The lowest BCUT2D eigenvalue weighted by Gasteiger charge is -2.22. The smallest absolute Gasteiger partial charge is 0.255 e. The Kier molecular flexibility index (Phi) is 3.39. The molecule has 1 heterocycles. The van der Waals surface area contributed by atoms with E-state index in [1.54, 1.807) is 0 Å². The van der Waals surface area contributed by atoms with E-state index < -0.39 is 0 Å². The Morgan fingerprint density at radius 3 is 2.83 bits per heavy atom. The maximum absolute atomic E-state index is 12.1. The third-order valence-corrected chi connectivity index (χ3v) is 3.01. The molecule has 0 saturated heterocycles. The van der Waals surface area contributed by atoms with Crippen LogP contribution in [0.15, 0.2) is 34.9 Å². The number of carbonyl (C=O) groups excluding carboxylic acids is 1. The van der Waals surface area contributed by atoms with Gasteiger partial charge in [0.05, 0.1) is 5.56 Å². The summed E-state index contributed by atoms with van der Waals surface area (Å²) in [6, 6.07) is 7.49. The molecule has 0 unspecified atom stereocenters. The minimum atomic E-state index is -0.124. The summed E-state index contributed by atoms with van der Waals surface area (Å²) in [6.45, 7) is 5.10. The molecule has 0 atom stereocenters. The van der Waals surface area contributed by atoms with Crippen molar-refractivity contribution in [1.29, 1.82) is 0 Å². The molecule has 0 radical (unpaired) electrons. The number of hydrogen-bond acceptors (Lipinski definition) is 3. The number of hydrogen-bond donors (Lipinski definition) is 2.